The summed E-state index contributed by atoms with van der Waals surface area (Å²) < 4.78 is 18.9. The highest BCUT2D eigenvalue weighted by atomic mass is 19.1. The maximum Gasteiger partial charge on any atom is 0.424 e. The van der Waals surface area contributed by atoms with Gasteiger partial charge in [0.25, 0.3) is 0 Å². The molecule has 0 spiro atoms. The number of carboxylic acid groups (broad SMARTS) is 1. The third kappa shape index (κ3) is 4.34. The Morgan fingerprint density at radius 1 is 1.17 bits per heavy atom. The first-order valence-electron chi connectivity index (χ1n) is 7.10. The molecule has 7 heteroatoms. The Labute approximate surface area is 135 Å². The van der Waals surface area contributed by atoms with Gasteiger partial charge in [-0.15, -0.1) is 0 Å². The number of carbonyl (C=O) groups is 2. The molecule has 0 aliphatic rings. The maximum atomic E-state index is 13.8. The number of anilines is 2. The minimum atomic E-state index is -1.53. The summed E-state index contributed by atoms with van der Waals surface area (Å²) in [6.45, 7) is 10.1. The lowest BCUT2D eigenvalue weighted by Gasteiger charge is -2.30. The van der Waals surface area contributed by atoms with Gasteiger partial charge in [0.1, 0.15) is 11.4 Å². The fourth-order valence-electron chi connectivity index (χ4n) is 2.14. The van der Waals surface area contributed by atoms with Crippen molar-refractivity contribution in [3.05, 3.63) is 23.5 Å². The van der Waals surface area contributed by atoms with E-state index in [2.05, 4.69) is 0 Å². The summed E-state index contributed by atoms with van der Waals surface area (Å²) in [6, 6.07) is 2.24. The van der Waals surface area contributed by atoms with E-state index in [1.165, 1.54) is 6.07 Å². The molecular weight excluding hydrogens is 303 g/mol. The van der Waals surface area contributed by atoms with Crippen LogP contribution in [0.1, 0.15) is 47.1 Å². The molecule has 3 N–H and O–H groups in total. The third-order valence-corrected chi connectivity index (χ3v) is 2.93. The van der Waals surface area contributed by atoms with Crippen molar-refractivity contribution in [2.75, 3.05) is 10.6 Å². The van der Waals surface area contributed by atoms with Crippen LogP contribution >= 0.6 is 0 Å². The molecule has 0 unspecified atom stereocenters. The zero-order chi connectivity index (χ0) is 18.2. The topological polar surface area (TPSA) is 92.9 Å². The second-order valence-electron chi connectivity index (χ2n) is 7.20. The molecule has 0 heterocycles. The molecule has 0 aliphatic carbocycles. The fraction of sp³-hybridized carbons (Fsp3) is 0.500. The largest absolute Gasteiger partial charge is 0.464 e. The maximum absolute atomic E-state index is 13.8. The molecule has 1 rings (SSSR count). The molecule has 0 saturated carbocycles. The van der Waals surface area contributed by atoms with Gasteiger partial charge in [-0.3, -0.25) is 0 Å². The van der Waals surface area contributed by atoms with Gasteiger partial charge in [0.2, 0.25) is 0 Å². The van der Waals surface area contributed by atoms with Gasteiger partial charge in [0.15, 0.2) is 0 Å². The number of nitrogen functional groups attached to an aromatic ring is 1. The number of carbonyl (C=O) groups excluding carboxylic acids is 1. The summed E-state index contributed by atoms with van der Waals surface area (Å²) in [6.07, 6.45) is -2.60. The SMILES string of the molecule is CC(C)(C)OC(=O)N(C(=O)O)c1ccc(F)c(N)c1C(C)(C)C. The molecule has 0 radical (unpaired) electrons. The lowest BCUT2D eigenvalue weighted by molar-refractivity contribution is 0.0581. The number of ether oxygens (including phenoxy) is 1. The Morgan fingerprint density at radius 3 is 2.09 bits per heavy atom. The standard InChI is InChI=1S/C16H23FN2O4/c1-15(2,3)11-10(8-7-9(17)12(11)18)19(13(20)21)14(22)23-16(4,5)6/h7-8H,18H2,1-6H3,(H,20,21). The summed E-state index contributed by atoms with van der Waals surface area (Å²) in [5.74, 6) is -0.673. The van der Waals surface area contributed by atoms with Crippen molar-refractivity contribution >= 4 is 23.6 Å². The van der Waals surface area contributed by atoms with Gasteiger partial charge >= 0.3 is 12.2 Å². The monoisotopic (exact) mass is 326 g/mol. The molecule has 1 aromatic carbocycles. The molecule has 0 aromatic heterocycles. The number of imide groups is 1. The Morgan fingerprint density at radius 2 is 1.70 bits per heavy atom. The van der Waals surface area contributed by atoms with Gasteiger partial charge in [-0.2, -0.15) is 4.90 Å². The average molecular weight is 326 g/mol. The first-order chi connectivity index (χ1) is 10.3. The van der Waals surface area contributed by atoms with Crippen LogP contribution in [0.3, 0.4) is 0 Å². The fourth-order valence-corrected chi connectivity index (χ4v) is 2.14. The number of amides is 2. The van der Waals surface area contributed by atoms with E-state index in [0.29, 0.717) is 4.90 Å². The highest BCUT2D eigenvalue weighted by Gasteiger charge is 2.34. The first-order valence-corrected chi connectivity index (χ1v) is 7.10. The van der Waals surface area contributed by atoms with Crippen LogP contribution in [0.5, 0.6) is 0 Å². The molecule has 23 heavy (non-hydrogen) atoms. The molecule has 6 nitrogen and oxygen atoms in total. The van der Waals surface area contributed by atoms with E-state index < -0.39 is 29.0 Å². The summed E-state index contributed by atoms with van der Waals surface area (Å²) >= 11 is 0. The van der Waals surface area contributed by atoms with Gasteiger partial charge in [-0.1, -0.05) is 20.8 Å². The van der Waals surface area contributed by atoms with Gasteiger partial charge in [0, 0.05) is 5.56 Å². The van der Waals surface area contributed by atoms with Gasteiger partial charge in [-0.25, -0.2) is 14.0 Å². The summed E-state index contributed by atoms with van der Waals surface area (Å²) in [4.78, 5) is 24.3. The summed E-state index contributed by atoms with van der Waals surface area (Å²) in [5, 5.41) is 9.43. The van der Waals surface area contributed by atoms with Crippen LogP contribution in [0.15, 0.2) is 12.1 Å². The van der Waals surface area contributed by atoms with E-state index in [1.807, 2.05) is 0 Å². The summed E-state index contributed by atoms with van der Waals surface area (Å²) in [7, 11) is 0. The Hall–Kier alpha value is -2.31. The van der Waals surface area contributed by atoms with Crippen LogP contribution in [-0.4, -0.2) is 22.9 Å². The minimum absolute atomic E-state index is 0.0156. The van der Waals surface area contributed by atoms with Gasteiger partial charge in [0.05, 0.1) is 11.4 Å². The molecule has 0 atom stereocenters. The van der Waals surface area contributed by atoms with Crippen LogP contribution in [0, 0.1) is 5.82 Å². The molecule has 0 saturated heterocycles. The average Bonchev–Trinajstić information content (AvgIpc) is 2.29. The molecule has 1 aromatic rings. The van der Waals surface area contributed by atoms with Crippen molar-refractivity contribution < 1.29 is 23.8 Å². The highest BCUT2D eigenvalue weighted by Crippen LogP contribution is 2.38. The molecule has 0 aliphatic heterocycles. The Balaban J connectivity index is 3.54. The van der Waals surface area contributed by atoms with E-state index in [0.717, 1.165) is 6.07 Å². The van der Waals surface area contributed by atoms with E-state index in [4.69, 9.17) is 10.5 Å². The third-order valence-electron chi connectivity index (χ3n) is 2.93. The number of halogens is 1. The van der Waals surface area contributed by atoms with E-state index >= 15 is 0 Å². The van der Waals surface area contributed by atoms with Crippen LogP contribution in [0.4, 0.5) is 25.4 Å². The minimum Gasteiger partial charge on any atom is -0.464 e. The van der Waals surface area contributed by atoms with E-state index in [-0.39, 0.29) is 16.9 Å². The number of rotatable bonds is 1. The van der Waals surface area contributed by atoms with Crippen LogP contribution in [-0.2, 0) is 10.2 Å². The molecule has 0 fully saturated rings. The number of hydrogen-bond donors (Lipinski definition) is 2. The quantitative estimate of drug-likeness (QED) is 0.757. The molecule has 0 bridgehead atoms. The predicted octanol–water partition coefficient (Wildman–Crippen LogP) is 4.12. The lowest BCUT2D eigenvalue weighted by Crippen LogP contribution is -2.41. The van der Waals surface area contributed by atoms with Crippen LogP contribution < -0.4 is 10.6 Å². The Bertz CT molecular complexity index is 630. The first kappa shape index (κ1) is 18.7. The molecule has 128 valence electrons. The van der Waals surface area contributed by atoms with Crippen molar-refractivity contribution in [2.45, 2.75) is 52.6 Å². The number of hydrogen-bond acceptors (Lipinski definition) is 4. The highest BCUT2D eigenvalue weighted by molar-refractivity contribution is 6.09. The van der Waals surface area contributed by atoms with Crippen LogP contribution in [0.2, 0.25) is 0 Å². The molecular formula is C16H23FN2O4. The summed E-state index contributed by atoms with van der Waals surface area (Å²) in [5.41, 5.74) is 4.25. The predicted molar refractivity (Wildman–Crippen MR) is 86.3 cm³/mol. The van der Waals surface area contributed by atoms with E-state index in [9.17, 15) is 19.1 Å². The van der Waals surface area contributed by atoms with Gasteiger partial charge < -0.3 is 15.6 Å². The van der Waals surface area contributed by atoms with Crippen molar-refractivity contribution in [1.82, 2.24) is 0 Å². The van der Waals surface area contributed by atoms with Crippen molar-refractivity contribution in [3.8, 4) is 0 Å². The lowest BCUT2D eigenvalue weighted by atomic mass is 9.84. The molecule has 2 amide bonds. The zero-order valence-corrected chi connectivity index (χ0v) is 14.2. The number of nitrogens with zero attached hydrogens (tertiary/aromatic N) is 1. The number of benzene rings is 1. The Kier molecular flexibility index (Phi) is 4.94. The number of nitrogens with two attached hydrogens (primary N) is 1. The van der Waals surface area contributed by atoms with Crippen LogP contribution in [0.25, 0.3) is 0 Å². The smallest absolute Gasteiger partial charge is 0.424 e. The zero-order valence-electron chi connectivity index (χ0n) is 14.2. The van der Waals surface area contributed by atoms with Crippen molar-refractivity contribution in [1.29, 1.82) is 0 Å². The van der Waals surface area contributed by atoms with Crippen molar-refractivity contribution in [3.63, 3.8) is 0 Å². The second kappa shape index (κ2) is 6.06. The normalized spacial score (nSPS) is 12.0. The van der Waals surface area contributed by atoms with Crippen molar-refractivity contribution in [2.24, 2.45) is 0 Å². The second-order valence-corrected chi connectivity index (χ2v) is 7.20. The van der Waals surface area contributed by atoms with Gasteiger partial charge in [-0.05, 0) is 38.3 Å². The van der Waals surface area contributed by atoms with E-state index in [1.54, 1.807) is 41.5 Å².